The van der Waals surface area contributed by atoms with Crippen molar-refractivity contribution in [2.45, 2.75) is 39.3 Å². The van der Waals surface area contributed by atoms with E-state index in [-0.39, 0.29) is 24.8 Å². The van der Waals surface area contributed by atoms with Gasteiger partial charge in [0, 0.05) is 16.7 Å². The van der Waals surface area contributed by atoms with Crippen molar-refractivity contribution >= 4 is 11.9 Å². The van der Waals surface area contributed by atoms with Crippen LogP contribution in [0.3, 0.4) is 0 Å². The maximum absolute atomic E-state index is 14.8. The highest BCUT2D eigenvalue weighted by Gasteiger charge is 2.25. The van der Waals surface area contributed by atoms with Crippen LogP contribution in [-0.4, -0.2) is 30.3 Å². The van der Waals surface area contributed by atoms with Crippen LogP contribution in [0, 0.1) is 11.7 Å². The molecule has 1 amide bonds. The molecule has 0 saturated heterocycles. The summed E-state index contributed by atoms with van der Waals surface area (Å²) in [5.74, 6) is 0.843. The van der Waals surface area contributed by atoms with Crippen LogP contribution in [-0.2, 0) is 11.3 Å². The number of rotatable bonds is 6. The zero-order valence-corrected chi connectivity index (χ0v) is 17.0. The van der Waals surface area contributed by atoms with Crippen molar-refractivity contribution in [2.75, 3.05) is 19.0 Å². The SMILES string of the molecule is COC(=O)Nc1cc2c(cn1)OCc1cc(OC[C@@](C)(N)CC(C)C)c(F)cc1-2. The van der Waals surface area contributed by atoms with Crippen molar-refractivity contribution in [1.29, 1.82) is 0 Å². The van der Waals surface area contributed by atoms with E-state index in [1.807, 2.05) is 6.92 Å². The number of aromatic nitrogens is 1. The Morgan fingerprint density at radius 1 is 1.38 bits per heavy atom. The highest BCUT2D eigenvalue weighted by Crippen LogP contribution is 2.40. The fourth-order valence-electron chi connectivity index (χ4n) is 3.46. The van der Waals surface area contributed by atoms with Gasteiger partial charge in [0.2, 0.25) is 0 Å². The predicted molar refractivity (Wildman–Crippen MR) is 108 cm³/mol. The van der Waals surface area contributed by atoms with Crippen molar-refractivity contribution in [2.24, 2.45) is 11.7 Å². The number of amides is 1. The zero-order chi connectivity index (χ0) is 21.2. The minimum Gasteiger partial charge on any atom is -0.489 e. The van der Waals surface area contributed by atoms with E-state index in [1.165, 1.54) is 19.4 Å². The second-order valence-corrected chi connectivity index (χ2v) is 7.95. The van der Waals surface area contributed by atoms with Crippen molar-refractivity contribution in [3.05, 3.63) is 35.8 Å². The molecule has 0 bridgehead atoms. The Kier molecular flexibility index (Phi) is 5.93. The average Bonchev–Trinajstić information content (AvgIpc) is 2.65. The van der Waals surface area contributed by atoms with E-state index in [2.05, 4.69) is 28.9 Å². The first kappa shape index (κ1) is 20.9. The molecule has 2 aromatic rings. The topological polar surface area (TPSA) is 95.7 Å². The number of nitrogens with one attached hydrogen (secondary N) is 1. The lowest BCUT2D eigenvalue weighted by Gasteiger charge is -2.27. The van der Waals surface area contributed by atoms with Crippen LogP contribution >= 0.6 is 0 Å². The molecule has 1 aliphatic heterocycles. The third-order valence-corrected chi connectivity index (χ3v) is 4.55. The number of carbonyl (C=O) groups excluding carboxylic acids is 1. The van der Waals surface area contributed by atoms with Gasteiger partial charge in [0.25, 0.3) is 0 Å². The van der Waals surface area contributed by atoms with Crippen LogP contribution < -0.4 is 20.5 Å². The Bertz CT molecular complexity index is 915. The summed E-state index contributed by atoms with van der Waals surface area (Å²) < 4.78 is 30.8. The van der Waals surface area contributed by atoms with Crippen LogP contribution in [0.4, 0.5) is 15.0 Å². The molecule has 1 aromatic heterocycles. The van der Waals surface area contributed by atoms with Crippen molar-refractivity contribution in [3.63, 3.8) is 0 Å². The number of halogens is 1. The summed E-state index contributed by atoms with van der Waals surface area (Å²) in [6.07, 6.45) is 1.60. The van der Waals surface area contributed by atoms with Crippen molar-refractivity contribution in [1.82, 2.24) is 4.98 Å². The van der Waals surface area contributed by atoms with Crippen LogP contribution in [0.25, 0.3) is 11.1 Å². The number of hydrogen-bond acceptors (Lipinski definition) is 6. The first-order valence-electron chi connectivity index (χ1n) is 9.41. The lowest BCUT2D eigenvalue weighted by molar-refractivity contribution is 0.187. The van der Waals surface area contributed by atoms with Gasteiger partial charge in [-0.05, 0) is 43.0 Å². The second kappa shape index (κ2) is 8.24. The molecule has 3 rings (SSSR count). The molecule has 0 spiro atoms. The Labute approximate surface area is 169 Å². The molecule has 0 unspecified atom stereocenters. The molecule has 1 atom stereocenters. The number of nitrogens with two attached hydrogens (primary N) is 1. The summed E-state index contributed by atoms with van der Waals surface area (Å²) in [7, 11) is 1.26. The quantitative estimate of drug-likeness (QED) is 0.754. The standard InChI is InChI=1S/C21H26FN3O4/c1-12(2)8-21(3,23)11-29-17-5-13-10-28-18-9-24-19(25-20(26)27-4)7-15(18)14(13)6-16(17)22/h5-7,9,12H,8,10-11,23H2,1-4H3,(H,24,25,26)/t21-/m0/s1. The maximum atomic E-state index is 14.8. The number of hydrogen-bond donors (Lipinski definition) is 2. The molecule has 7 nitrogen and oxygen atoms in total. The van der Waals surface area contributed by atoms with Gasteiger partial charge in [0.15, 0.2) is 11.6 Å². The number of carbonyl (C=O) groups is 1. The van der Waals surface area contributed by atoms with Gasteiger partial charge in [-0.2, -0.15) is 0 Å². The lowest BCUT2D eigenvalue weighted by atomic mass is 9.93. The van der Waals surface area contributed by atoms with Gasteiger partial charge in [-0.15, -0.1) is 0 Å². The minimum absolute atomic E-state index is 0.137. The fourth-order valence-corrected chi connectivity index (χ4v) is 3.46. The molecular weight excluding hydrogens is 377 g/mol. The van der Waals surface area contributed by atoms with Crippen molar-refractivity contribution in [3.8, 4) is 22.6 Å². The second-order valence-electron chi connectivity index (χ2n) is 7.95. The molecule has 0 fully saturated rings. The lowest BCUT2D eigenvalue weighted by Crippen LogP contribution is -2.43. The number of methoxy groups -OCH3 is 1. The number of ether oxygens (including phenoxy) is 3. The van der Waals surface area contributed by atoms with Gasteiger partial charge in [-0.25, -0.2) is 14.2 Å². The smallest absolute Gasteiger partial charge is 0.412 e. The molecule has 0 radical (unpaired) electrons. The number of pyridine rings is 1. The molecule has 29 heavy (non-hydrogen) atoms. The third kappa shape index (κ3) is 4.95. The predicted octanol–water partition coefficient (Wildman–Crippen LogP) is 4.10. The number of nitrogens with zero attached hydrogens (tertiary/aromatic N) is 1. The van der Waals surface area contributed by atoms with Crippen LogP contribution in [0.5, 0.6) is 11.5 Å². The van der Waals surface area contributed by atoms with Gasteiger partial charge in [0.05, 0.1) is 13.3 Å². The van der Waals surface area contributed by atoms with E-state index < -0.39 is 17.4 Å². The number of benzene rings is 1. The molecule has 0 saturated carbocycles. The van der Waals surface area contributed by atoms with Gasteiger partial charge in [-0.3, -0.25) is 5.32 Å². The van der Waals surface area contributed by atoms with Gasteiger partial charge in [-0.1, -0.05) is 13.8 Å². The summed E-state index contributed by atoms with van der Waals surface area (Å²) in [6, 6.07) is 4.65. The van der Waals surface area contributed by atoms with Gasteiger partial charge < -0.3 is 19.9 Å². The molecular formula is C21H26FN3O4. The first-order chi connectivity index (χ1) is 13.7. The average molecular weight is 403 g/mol. The highest BCUT2D eigenvalue weighted by molar-refractivity contribution is 5.86. The molecule has 1 aliphatic rings. The minimum atomic E-state index is -0.643. The Hall–Kier alpha value is -2.87. The van der Waals surface area contributed by atoms with Gasteiger partial charge in [0.1, 0.15) is 24.8 Å². The largest absolute Gasteiger partial charge is 0.489 e. The van der Waals surface area contributed by atoms with E-state index in [9.17, 15) is 9.18 Å². The van der Waals surface area contributed by atoms with Crippen LogP contribution in [0.2, 0.25) is 0 Å². The summed E-state index contributed by atoms with van der Waals surface area (Å²) in [5.41, 5.74) is 7.76. The zero-order valence-electron chi connectivity index (χ0n) is 17.0. The Morgan fingerprint density at radius 3 is 2.83 bits per heavy atom. The fraction of sp³-hybridized carbons (Fsp3) is 0.429. The highest BCUT2D eigenvalue weighted by atomic mass is 19.1. The van der Waals surface area contributed by atoms with Gasteiger partial charge >= 0.3 is 6.09 Å². The monoisotopic (exact) mass is 403 g/mol. The molecule has 0 aliphatic carbocycles. The molecule has 2 heterocycles. The van der Waals surface area contributed by atoms with Crippen molar-refractivity contribution < 1.29 is 23.4 Å². The van der Waals surface area contributed by atoms with E-state index in [1.54, 1.807) is 12.1 Å². The Balaban J connectivity index is 1.86. The molecule has 8 heteroatoms. The summed E-state index contributed by atoms with van der Waals surface area (Å²) in [4.78, 5) is 15.5. The molecule has 156 valence electrons. The number of fused-ring (bicyclic) bond motifs is 3. The van der Waals surface area contributed by atoms with E-state index >= 15 is 0 Å². The van der Waals surface area contributed by atoms with Crippen LogP contribution in [0.15, 0.2) is 24.4 Å². The number of anilines is 1. The Morgan fingerprint density at radius 2 is 2.14 bits per heavy atom. The van der Waals surface area contributed by atoms with E-state index in [0.717, 1.165) is 12.0 Å². The van der Waals surface area contributed by atoms with E-state index in [4.69, 9.17) is 15.2 Å². The van der Waals surface area contributed by atoms with Crippen LogP contribution in [0.1, 0.15) is 32.8 Å². The first-order valence-corrected chi connectivity index (χ1v) is 9.41. The normalized spacial score (nSPS) is 14.3. The maximum Gasteiger partial charge on any atom is 0.412 e. The van der Waals surface area contributed by atoms with E-state index in [0.29, 0.717) is 22.8 Å². The third-order valence-electron chi connectivity index (χ3n) is 4.55. The summed E-state index contributed by atoms with van der Waals surface area (Å²) in [6.45, 7) is 6.52. The molecule has 3 N–H and O–H groups in total. The molecule has 1 aromatic carbocycles. The summed E-state index contributed by atoms with van der Waals surface area (Å²) >= 11 is 0. The summed E-state index contributed by atoms with van der Waals surface area (Å²) in [5, 5.41) is 2.49.